The van der Waals surface area contributed by atoms with Crippen molar-refractivity contribution < 1.29 is 14.1 Å². The molecule has 1 aliphatic heterocycles. The lowest BCUT2D eigenvalue weighted by Gasteiger charge is -2.35. The zero-order valence-electron chi connectivity index (χ0n) is 12.6. The third-order valence-corrected chi connectivity index (χ3v) is 5.11. The van der Waals surface area contributed by atoms with Crippen LogP contribution in [-0.2, 0) is 10.3 Å². The van der Waals surface area contributed by atoms with Crippen molar-refractivity contribution in [3.05, 3.63) is 11.7 Å². The number of nitrogens with zero attached hydrogens (tertiary/aromatic N) is 3. The normalized spacial score (nSPS) is 21.1. The molecule has 8 heteroatoms. The topological polar surface area (TPSA) is 88.3 Å². The second-order valence-electron chi connectivity index (χ2n) is 5.86. The van der Waals surface area contributed by atoms with Gasteiger partial charge in [-0.3, -0.25) is 9.59 Å². The first kappa shape index (κ1) is 15.3. The van der Waals surface area contributed by atoms with E-state index in [4.69, 9.17) is 4.52 Å². The minimum absolute atomic E-state index is 0.0248. The van der Waals surface area contributed by atoms with Gasteiger partial charge in [-0.25, -0.2) is 0 Å². The summed E-state index contributed by atoms with van der Waals surface area (Å²) in [5.74, 6) is 1.65. The Morgan fingerprint density at radius 2 is 2.18 bits per heavy atom. The number of amides is 2. The second kappa shape index (κ2) is 6.28. The Hall–Kier alpha value is -1.57. The van der Waals surface area contributed by atoms with Crippen molar-refractivity contribution in [1.29, 1.82) is 0 Å². The lowest BCUT2D eigenvalue weighted by atomic mass is 9.81. The standard InChI is InChI=1S/C14H20N4O3S/c1-10-15-12(17-21-10)14(5-3-2-4-6-14)16-11(19)9-18-7-8-22-13(18)20/h2-9H2,1H3,(H,16,19). The number of aryl methyl sites for hydroxylation is 1. The highest BCUT2D eigenvalue weighted by molar-refractivity contribution is 8.13. The van der Waals surface area contributed by atoms with Gasteiger partial charge in [-0.2, -0.15) is 4.98 Å². The molecule has 1 saturated carbocycles. The molecule has 1 aromatic rings. The van der Waals surface area contributed by atoms with E-state index in [1.807, 2.05) is 0 Å². The Kier molecular flexibility index (Phi) is 4.37. The molecular formula is C14H20N4O3S. The molecule has 2 heterocycles. The molecule has 7 nitrogen and oxygen atoms in total. The molecule has 22 heavy (non-hydrogen) atoms. The van der Waals surface area contributed by atoms with Crippen molar-refractivity contribution in [3.63, 3.8) is 0 Å². The number of carbonyl (C=O) groups is 2. The fourth-order valence-electron chi connectivity index (χ4n) is 3.10. The number of aromatic nitrogens is 2. The number of thioether (sulfide) groups is 1. The predicted octanol–water partition coefficient (Wildman–Crippen LogP) is 1.82. The monoisotopic (exact) mass is 324 g/mol. The van der Waals surface area contributed by atoms with Gasteiger partial charge in [0, 0.05) is 19.2 Å². The van der Waals surface area contributed by atoms with E-state index in [0.717, 1.165) is 37.9 Å². The minimum atomic E-state index is -0.553. The highest BCUT2D eigenvalue weighted by Gasteiger charge is 2.40. The number of carbonyl (C=O) groups excluding carboxylic acids is 2. The molecule has 120 valence electrons. The summed E-state index contributed by atoms with van der Waals surface area (Å²) >= 11 is 1.26. The van der Waals surface area contributed by atoms with E-state index in [9.17, 15) is 9.59 Å². The van der Waals surface area contributed by atoms with Gasteiger partial charge in [-0.05, 0) is 12.8 Å². The van der Waals surface area contributed by atoms with E-state index in [1.165, 1.54) is 11.8 Å². The predicted molar refractivity (Wildman–Crippen MR) is 81.4 cm³/mol. The molecule has 0 radical (unpaired) electrons. The molecule has 0 atom stereocenters. The molecule has 2 amide bonds. The summed E-state index contributed by atoms with van der Waals surface area (Å²) in [7, 11) is 0. The van der Waals surface area contributed by atoms with E-state index in [1.54, 1.807) is 11.8 Å². The smallest absolute Gasteiger partial charge is 0.282 e. The van der Waals surface area contributed by atoms with Crippen LogP contribution in [0.25, 0.3) is 0 Å². The maximum atomic E-state index is 12.4. The average molecular weight is 324 g/mol. The molecule has 3 rings (SSSR count). The van der Waals surface area contributed by atoms with Gasteiger partial charge >= 0.3 is 0 Å². The Morgan fingerprint density at radius 3 is 2.77 bits per heavy atom. The van der Waals surface area contributed by atoms with Crippen LogP contribution in [0.1, 0.15) is 43.8 Å². The van der Waals surface area contributed by atoms with Crippen LogP contribution in [0.2, 0.25) is 0 Å². The molecule has 1 aromatic heterocycles. The van der Waals surface area contributed by atoms with Crippen molar-refractivity contribution in [2.75, 3.05) is 18.8 Å². The first-order valence-corrected chi connectivity index (χ1v) is 8.61. The summed E-state index contributed by atoms with van der Waals surface area (Å²) in [5, 5.41) is 7.08. The molecule has 2 fully saturated rings. The lowest BCUT2D eigenvalue weighted by Crippen LogP contribution is -2.51. The van der Waals surface area contributed by atoms with Crippen LogP contribution < -0.4 is 5.32 Å². The van der Waals surface area contributed by atoms with Crippen molar-refractivity contribution in [2.24, 2.45) is 0 Å². The van der Waals surface area contributed by atoms with E-state index in [0.29, 0.717) is 18.3 Å². The fourth-order valence-corrected chi connectivity index (χ4v) is 3.93. The molecule has 1 saturated heterocycles. The lowest BCUT2D eigenvalue weighted by molar-refractivity contribution is -0.124. The van der Waals surface area contributed by atoms with Crippen LogP contribution in [0.3, 0.4) is 0 Å². The number of nitrogens with one attached hydrogen (secondary N) is 1. The highest BCUT2D eigenvalue weighted by atomic mass is 32.2. The van der Waals surface area contributed by atoms with Gasteiger partial charge in [-0.15, -0.1) is 0 Å². The Balaban J connectivity index is 1.72. The van der Waals surface area contributed by atoms with E-state index in [2.05, 4.69) is 15.5 Å². The fraction of sp³-hybridized carbons (Fsp3) is 0.714. The largest absolute Gasteiger partial charge is 0.342 e. The maximum Gasteiger partial charge on any atom is 0.282 e. The number of hydrogen-bond donors (Lipinski definition) is 1. The zero-order valence-corrected chi connectivity index (χ0v) is 13.4. The van der Waals surface area contributed by atoms with Gasteiger partial charge in [0.2, 0.25) is 11.8 Å². The summed E-state index contributed by atoms with van der Waals surface area (Å²) in [6.07, 6.45) is 4.80. The van der Waals surface area contributed by atoms with Gasteiger partial charge in [0.1, 0.15) is 12.1 Å². The van der Waals surface area contributed by atoms with Crippen molar-refractivity contribution in [2.45, 2.75) is 44.6 Å². The molecule has 0 bridgehead atoms. The zero-order chi connectivity index (χ0) is 15.6. The molecule has 1 N–H and O–H groups in total. The van der Waals surface area contributed by atoms with Gasteiger partial charge in [-0.1, -0.05) is 36.2 Å². The Bertz CT molecular complexity index is 568. The van der Waals surface area contributed by atoms with Crippen molar-refractivity contribution >= 4 is 22.9 Å². The van der Waals surface area contributed by atoms with Gasteiger partial charge in [0.15, 0.2) is 5.82 Å². The maximum absolute atomic E-state index is 12.4. The second-order valence-corrected chi connectivity index (χ2v) is 6.91. The summed E-state index contributed by atoms with van der Waals surface area (Å²) in [6.45, 7) is 2.48. The van der Waals surface area contributed by atoms with Crippen LogP contribution in [0.5, 0.6) is 0 Å². The molecule has 2 aliphatic rings. The summed E-state index contributed by atoms with van der Waals surface area (Å²) in [6, 6.07) is 0. The SMILES string of the molecule is Cc1nc(C2(NC(=O)CN3CCSC3=O)CCCCC2)no1. The van der Waals surface area contributed by atoms with Gasteiger partial charge in [0.25, 0.3) is 5.24 Å². The number of hydrogen-bond acceptors (Lipinski definition) is 6. The average Bonchev–Trinajstić information content (AvgIpc) is 3.10. The quantitative estimate of drug-likeness (QED) is 0.909. The first-order chi connectivity index (χ1) is 10.6. The van der Waals surface area contributed by atoms with Crippen LogP contribution in [0, 0.1) is 6.92 Å². The summed E-state index contributed by atoms with van der Waals surface area (Å²) < 4.78 is 5.09. The minimum Gasteiger partial charge on any atom is -0.342 e. The molecule has 0 aromatic carbocycles. The van der Waals surface area contributed by atoms with Gasteiger partial charge < -0.3 is 14.7 Å². The van der Waals surface area contributed by atoms with Crippen LogP contribution >= 0.6 is 11.8 Å². The van der Waals surface area contributed by atoms with E-state index >= 15 is 0 Å². The summed E-state index contributed by atoms with van der Waals surface area (Å²) in [5.41, 5.74) is -0.553. The highest BCUT2D eigenvalue weighted by Crippen LogP contribution is 2.35. The van der Waals surface area contributed by atoms with E-state index < -0.39 is 5.54 Å². The van der Waals surface area contributed by atoms with Crippen LogP contribution in [-0.4, -0.2) is 45.0 Å². The van der Waals surface area contributed by atoms with Crippen molar-refractivity contribution in [3.8, 4) is 0 Å². The first-order valence-electron chi connectivity index (χ1n) is 7.63. The molecular weight excluding hydrogens is 304 g/mol. The third kappa shape index (κ3) is 3.11. The third-order valence-electron chi connectivity index (χ3n) is 4.22. The van der Waals surface area contributed by atoms with Crippen molar-refractivity contribution in [1.82, 2.24) is 20.4 Å². The van der Waals surface area contributed by atoms with Crippen LogP contribution in [0.15, 0.2) is 4.52 Å². The van der Waals surface area contributed by atoms with Crippen LogP contribution in [0.4, 0.5) is 4.79 Å². The molecule has 1 aliphatic carbocycles. The van der Waals surface area contributed by atoms with Gasteiger partial charge in [0.05, 0.1) is 0 Å². The van der Waals surface area contributed by atoms with E-state index in [-0.39, 0.29) is 17.7 Å². The number of rotatable bonds is 4. The Labute approximate surface area is 133 Å². The molecule has 0 spiro atoms. The Morgan fingerprint density at radius 1 is 1.41 bits per heavy atom. The summed E-state index contributed by atoms with van der Waals surface area (Å²) in [4.78, 5) is 29.9. The molecule has 0 unspecified atom stereocenters.